The highest BCUT2D eigenvalue weighted by molar-refractivity contribution is 5.44. The lowest BCUT2D eigenvalue weighted by molar-refractivity contribution is 0.889. The molecule has 0 fully saturated rings. The zero-order chi connectivity index (χ0) is 12.4. The van der Waals surface area contributed by atoms with E-state index in [1.165, 1.54) is 0 Å². The second kappa shape index (κ2) is 4.40. The number of anilines is 1. The summed E-state index contributed by atoms with van der Waals surface area (Å²) in [6, 6.07) is 9.64. The molecular weight excluding hydrogens is 228 g/mol. The summed E-state index contributed by atoms with van der Waals surface area (Å²) in [5.74, 6) is 0.593. The van der Waals surface area contributed by atoms with Crippen molar-refractivity contribution < 1.29 is 0 Å². The number of hydrogen-bond acceptors (Lipinski definition) is 5. The Labute approximate surface area is 104 Å². The number of fused-ring (bicyclic) bond motifs is 1. The van der Waals surface area contributed by atoms with Crippen molar-refractivity contribution in [2.45, 2.75) is 13.5 Å². The molecule has 0 aromatic carbocycles. The summed E-state index contributed by atoms with van der Waals surface area (Å²) < 4.78 is 1.80. The number of aromatic nitrogens is 5. The van der Waals surface area contributed by atoms with E-state index in [2.05, 4.69) is 25.6 Å². The number of nitrogens with zero attached hydrogens (tertiary/aromatic N) is 5. The van der Waals surface area contributed by atoms with Gasteiger partial charge in [0.1, 0.15) is 0 Å². The SMILES string of the molecule is Cc1cccc2nc(NCc3cccnn3)nn12. The van der Waals surface area contributed by atoms with Gasteiger partial charge in [-0.2, -0.15) is 15.2 Å². The van der Waals surface area contributed by atoms with Crippen molar-refractivity contribution in [1.82, 2.24) is 24.8 Å². The number of nitrogens with one attached hydrogen (secondary N) is 1. The molecule has 0 bridgehead atoms. The maximum atomic E-state index is 4.38. The van der Waals surface area contributed by atoms with Crippen LogP contribution in [0.25, 0.3) is 5.65 Å². The molecule has 6 heteroatoms. The van der Waals surface area contributed by atoms with Gasteiger partial charge in [-0.15, -0.1) is 5.10 Å². The van der Waals surface area contributed by atoms with Gasteiger partial charge in [-0.05, 0) is 31.2 Å². The third-order valence-corrected chi connectivity index (χ3v) is 2.60. The number of pyridine rings is 1. The van der Waals surface area contributed by atoms with Crippen molar-refractivity contribution in [1.29, 1.82) is 0 Å². The maximum absolute atomic E-state index is 4.38. The van der Waals surface area contributed by atoms with Crippen LogP contribution in [-0.4, -0.2) is 24.8 Å². The van der Waals surface area contributed by atoms with Crippen LogP contribution in [0.5, 0.6) is 0 Å². The van der Waals surface area contributed by atoms with Crippen molar-refractivity contribution in [2.75, 3.05) is 5.32 Å². The first-order chi connectivity index (χ1) is 8.83. The molecule has 0 saturated heterocycles. The van der Waals surface area contributed by atoms with Gasteiger partial charge in [0.05, 0.1) is 12.2 Å². The molecule has 6 nitrogen and oxygen atoms in total. The van der Waals surface area contributed by atoms with Crippen molar-refractivity contribution in [3.05, 3.63) is 47.9 Å². The Morgan fingerprint density at radius 2 is 2.17 bits per heavy atom. The predicted octanol–water partition coefficient (Wildman–Crippen LogP) is 1.44. The van der Waals surface area contributed by atoms with Crippen molar-refractivity contribution >= 4 is 11.6 Å². The third-order valence-electron chi connectivity index (χ3n) is 2.60. The molecule has 1 N–H and O–H groups in total. The lowest BCUT2D eigenvalue weighted by Gasteiger charge is -1.99. The van der Waals surface area contributed by atoms with Crippen molar-refractivity contribution in [2.24, 2.45) is 0 Å². The first-order valence-corrected chi connectivity index (χ1v) is 5.66. The Bertz CT molecular complexity index is 661. The van der Waals surface area contributed by atoms with E-state index in [0.717, 1.165) is 17.0 Å². The van der Waals surface area contributed by atoms with Crippen LogP contribution in [0.1, 0.15) is 11.4 Å². The van der Waals surface area contributed by atoms with Crippen LogP contribution < -0.4 is 5.32 Å². The molecule has 0 spiro atoms. The van der Waals surface area contributed by atoms with Gasteiger partial charge >= 0.3 is 0 Å². The zero-order valence-electron chi connectivity index (χ0n) is 9.91. The highest BCUT2D eigenvalue weighted by Crippen LogP contribution is 2.08. The van der Waals surface area contributed by atoms with Crippen LogP contribution in [0.3, 0.4) is 0 Å². The van der Waals surface area contributed by atoms with Crippen LogP contribution in [-0.2, 0) is 6.54 Å². The van der Waals surface area contributed by atoms with E-state index in [-0.39, 0.29) is 0 Å². The van der Waals surface area contributed by atoms with Gasteiger partial charge in [0.25, 0.3) is 0 Å². The monoisotopic (exact) mass is 240 g/mol. The number of aryl methyl sites for hydroxylation is 1. The number of hydrogen-bond donors (Lipinski definition) is 1. The minimum absolute atomic E-state index is 0.559. The third kappa shape index (κ3) is 2.00. The van der Waals surface area contributed by atoms with E-state index in [1.807, 2.05) is 37.3 Å². The molecule has 90 valence electrons. The highest BCUT2D eigenvalue weighted by atomic mass is 15.4. The van der Waals surface area contributed by atoms with Gasteiger partial charge in [0.15, 0.2) is 5.65 Å². The second-order valence-electron chi connectivity index (χ2n) is 3.94. The van der Waals surface area contributed by atoms with Crippen LogP contribution >= 0.6 is 0 Å². The Morgan fingerprint density at radius 1 is 1.22 bits per heavy atom. The molecule has 0 aliphatic rings. The topological polar surface area (TPSA) is 68.0 Å². The minimum Gasteiger partial charge on any atom is -0.347 e. The van der Waals surface area contributed by atoms with Gasteiger partial charge in [-0.3, -0.25) is 0 Å². The molecule has 0 atom stereocenters. The first-order valence-electron chi connectivity index (χ1n) is 5.66. The van der Waals surface area contributed by atoms with Crippen molar-refractivity contribution in [3.63, 3.8) is 0 Å². The molecule has 0 radical (unpaired) electrons. The quantitative estimate of drug-likeness (QED) is 0.750. The lowest BCUT2D eigenvalue weighted by Crippen LogP contribution is -2.03. The van der Waals surface area contributed by atoms with E-state index < -0.39 is 0 Å². The fraction of sp³-hybridized carbons (Fsp3) is 0.167. The average Bonchev–Trinajstić information content (AvgIpc) is 2.82. The van der Waals surface area contributed by atoms with E-state index in [4.69, 9.17) is 0 Å². The summed E-state index contributed by atoms with van der Waals surface area (Å²) in [4.78, 5) is 4.38. The molecule has 3 aromatic rings. The smallest absolute Gasteiger partial charge is 0.243 e. The Hall–Kier alpha value is -2.50. The summed E-state index contributed by atoms with van der Waals surface area (Å²) in [6.07, 6.45) is 1.65. The van der Waals surface area contributed by atoms with Crippen molar-refractivity contribution in [3.8, 4) is 0 Å². The molecule has 0 amide bonds. The molecule has 3 aromatic heterocycles. The second-order valence-corrected chi connectivity index (χ2v) is 3.94. The molecule has 3 rings (SSSR count). The lowest BCUT2D eigenvalue weighted by atomic mass is 10.4. The van der Waals surface area contributed by atoms with E-state index in [0.29, 0.717) is 12.5 Å². The summed E-state index contributed by atoms with van der Waals surface area (Å²) in [6.45, 7) is 2.55. The van der Waals surface area contributed by atoms with Crippen LogP contribution in [0.15, 0.2) is 36.5 Å². The van der Waals surface area contributed by atoms with Crippen LogP contribution in [0.4, 0.5) is 5.95 Å². The van der Waals surface area contributed by atoms with Gasteiger partial charge in [0.2, 0.25) is 5.95 Å². The Kier molecular flexibility index (Phi) is 2.60. The molecule has 0 aliphatic carbocycles. The van der Waals surface area contributed by atoms with Gasteiger partial charge in [0, 0.05) is 11.9 Å². The largest absolute Gasteiger partial charge is 0.347 e. The first kappa shape index (κ1) is 10.6. The summed E-state index contributed by atoms with van der Waals surface area (Å²) in [7, 11) is 0. The van der Waals surface area contributed by atoms with Crippen LogP contribution in [0.2, 0.25) is 0 Å². The van der Waals surface area contributed by atoms with Gasteiger partial charge in [-0.1, -0.05) is 6.07 Å². The summed E-state index contributed by atoms with van der Waals surface area (Å²) >= 11 is 0. The van der Waals surface area contributed by atoms with Gasteiger partial charge in [-0.25, -0.2) is 4.52 Å². The molecule has 18 heavy (non-hydrogen) atoms. The molecule has 3 heterocycles. The molecule has 0 saturated carbocycles. The van der Waals surface area contributed by atoms with Crippen LogP contribution in [0, 0.1) is 6.92 Å². The number of rotatable bonds is 3. The van der Waals surface area contributed by atoms with Gasteiger partial charge < -0.3 is 5.32 Å². The van der Waals surface area contributed by atoms with E-state index >= 15 is 0 Å². The normalized spacial score (nSPS) is 10.7. The zero-order valence-corrected chi connectivity index (χ0v) is 9.91. The highest BCUT2D eigenvalue weighted by Gasteiger charge is 2.04. The Balaban J connectivity index is 1.81. The van der Waals surface area contributed by atoms with E-state index in [1.54, 1.807) is 10.7 Å². The summed E-state index contributed by atoms with van der Waals surface area (Å²) in [5, 5.41) is 15.3. The maximum Gasteiger partial charge on any atom is 0.243 e. The standard InChI is InChI=1S/C12H12N6/c1-9-4-2-6-11-15-12(17-18(9)11)13-8-10-5-3-7-14-16-10/h2-7H,8H2,1H3,(H,13,17). The minimum atomic E-state index is 0.559. The molecular formula is C12H12N6. The Morgan fingerprint density at radius 3 is 2.94 bits per heavy atom. The summed E-state index contributed by atoms with van der Waals surface area (Å²) in [5.41, 5.74) is 2.73. The van der Waals surface area contributed by atoms with E-state index in [9.17, 15) is 0 Å². The fourth-order valence-electron chi connectivity index (χ4n) is 1.71. The average molecular weight is 240 g/mol. The molecule has 0 unspecified atom stereocenters. The predicted molar refractivity (Wildman–Crippen MR) is 67.1 cm³/mol. The molecule has 0 aliphatic heterocycles. The fourth-order valence-corrected chi connectivity index (χ4v) is 1.71.